The lowest BCUT2D eigenvalue weighted by Gasteiger charge is -2.32. The largest absolute Gasteiger partial charge is 0.482 e. The van der Waals surface area contributed by atoms with Gasteiger partial charge in [-0.25, -0.2) is 0 Å². The van der Waals surface area contributed by atoms with Gasteiger partial charge in [-0.15, -0.1) is 0 Å². The molecule has 5 heteroatoms. The Morgan fingerprint density at radius 1 is 1.33 bits per heavy atom. The molecule has 0 unspecified atom stereocenters. The molecule has 21 heavy (non-hydrogen) atoms. The zero-order valence-corrected chi connectivity index (χ0v) is 13.2. The van der Waals surface area contributed by atoms with E-state index in [0.29, 0.717) is 17.1 Å². The molecule has 114 valence electrons. The second-order valence-corrected chi connectivity index (χ2v) is 6.53. The summed E-state index contributed by atoms with van der Waals surface area (Å²) in [6.07, 6.45) is 0. The first-order valence-corrected chi connectivity index (χ1v) is 7.10. The van der Waals surface area contributed by atoms with Crippen molar-refractivity contribution >= 4 is 23.2 Å². The van der Waals surface area contributed by atoms with E-state index in [1.165, 1.54) is 0 Å². The number of hydrogen-bond donors (Lipinski definition) is 1. The first kappa shape index (κ1) is 15.4. The van der Waals surface area contributed by atoms with E-state index in [2.05, 4.69) is 5.32 Å². The van der Waals surface area contributed by atoms with Crippen LogP contribution in [0.1, 0.15) is 34.6 Å². The fourth-order valence-corrected chi connectivity index (χ4v) is 2.13. The van der Waals surface area contributed by atoms with E-state index in [1.807, 2.05) is 34.6 Å². The van der Waals surface area contributed by atoms with Crippen LogP contribution in [0.3, 0.4) is 0 Å². The van der Waals surface area contributed by atoms with Gasteiger partial charge in [0.05, 0.1) is 5.69 Å². The molecule has 0 radical (unpaired) electrons. The third-order valence-electron chi connectivity index (χ3n) is 3.29. The Labute approximate surface area is 125 Å². The van der Waals surface area contributed by atoms with Crippen LogP contribution in [-0.4, -0.2) is 24.5 Å². The molecule has 1 aliphatic rings. The topological polar surface area (TPSA) is 58.6 Å². The molecular weight excluding hydrogens is 268 g/mol. The highest BCUT2D eigenvalue weighted by atomic mass is 16.5. The van der Waals surface area contributed by atoms with E-state index in [0.717, 1.165) is 0 Å². The minimum absolute atomic E-state index is 0.0358. The van der Waals surface area contributed by atoms with Gasteiger partial charge in [0, 0.05) is 17.1 Å². The number of nitrogens with zero attached hydrogens (tertiary/aromatic N) is 1. The monoisotopic (exact) mass is 290 g/mol. The van der Waals surface area contributed by atoms with Crippen molar-refractivity contribution in [3.05, 3.63) is 18.2 Å². The molecule has 0 aliphatic carbocycles. The molecule has 2 amide bonds. The normalized spacial score (nSPS) is 14.8. The summed E-state index contributed by atoms with van der Waals surface area (Å²) in [5, 5.41) is 2.87. The van der Waals surface area contributed by atoms with Crippen molar-refractivity contribution in [2.45, 2.75) is 40.7 Å². The van der Waals surface area contributed by atoms with Crippen molar-refractivity contribution in [3.63, 3.8) is 0 Å². The quantitative estimate of drug-likeness (QED) is 0.911. The molecule has 1 aliphatic heterocycles. The molecule has 0 bridgehead atoms. The SMILES string of the molecule is CC(C)N1C(=O)COc2ccc(NC(=O)C(C)(C)C)cc21. The lowest BCUT2D eigenvalue weighted by Crippen LogP contribution is -2.43. The maximum absolute atomic E-state index is 12.1. The second-order valence-electron chi connectivity index (χ2n) is 6.53. The van der Waals surface area contributed by atoms with Gasteiger partial charge in [0.2, 0.25) is 5.91 Å². The van der Waals surface area contributed by atoms with Gasteiger partial charge in [-0.1, -0.05) is 20.8 Å². The van der Waals surface area contributed by atoms with Crippen LogP contribution in [0.25, 0.3) is 0 Å². The van der Waals surface area contributed by atoms with E-state index in [4.69, 9.17) is 4.74 Å². The first-order chi connectivity index (χ1) is 9.70. The van der Waals surface area contributed by atoms with Crippen LogP contribution >= 0.6 is 0 Å². The van der Waals surface area contributed by atoms with E-state index < -0.39 is 5.41 Å². The zero-order valence-electron chi connectivity index (χ0n) is 13.2. The lowest BCUT2D eigenvalue weighted by molar-refractivity contribution is -0.123. The minimum Gasteiger partial charge on any atom is -0.482 e. The van der Waals surface area contributed by atoms with Gasteiger partial charge in [-0.2, -0.15) is 0 Å². The van der Waals surface area contributed by atoms with Crippen LogP contribution in [0.15, 0.2) is 18.2 Å². The Hall–Kier alpha value is -2.04. The highest BCUT2D eigenvalue weighted by Gasteiger charge is 2.28. The smallest absolute Gasteiger partial charge is 0.265 e. The fraction of sp³-hybridized carbons (Fsp3) is 0.500. The van der Waals surface area contributed by atoms with Crippen molar-refractivity contribution in [1.29, 1.82) is 0 Å². The number of amides is 2. The van der Waals surface area contributed by atoms with Gasteiger partial charge in [0.1, 0.15) is 5.75 Å². The van der Waals surface area contributed by atoms with Crippen LogP contribution in [-0.2, 0) is 9.59 Å². The van der Waals surface area contributed by atoms with Crippen molar-refractivity contribution in [1.82, 2.24) is 0 Å². The maximum Gasteiger partial charge on any atom is 0.265 e. The minimum atomic E-state index is -0.472. The van der Waals surface area contributed by atoms with Crippen LogP contribution < -0.4 is 15.0 Å². The van der Waals surface area contributed by atoms with E-state index >= 15 is 0 Å². The van der Waals surface area contributed by atoms with E-state index in [9.17, 15) is 9.59 Å². The first-order valence-electron chi connectivity index (χ1n) is 7.10. The summed E-state index contributed by atoms with van der Waals surface area (Å²) in [6.45, 7) is 9.52. The summed E-state index contributed by atoms with van der Waals surface area (Å²) in [5.41, 5.74) is 0.894. The number of fused-ring (bicyclic) bond motifs is 1. The molecule has 5 nitrogen and oxygen atoms in total. The maximum atomic E-state index is 12.1. The van der Waals surface area contributed by atoms with Gasteiger partial charge in [-0.05, 0) is 32.0 Å². The number of hydrogen-bond acceptors (Lipinski definition) is 3. The molecule has 1 aromatic rings. The van der Waals surface area contributed by atoms with Crippen LogP contribution in [0.4, 0.5) is 11.4 Å². The van der Waals surface area contributed by atoms with Crippen molar-refractivity contribution in [2.75, 3.05) is 16.8 Å². The molecule has 1 heterocycles. The molecular formula is C16H22N2O3. The van der Waals surface area contributed by atoms with Crippen LogP contribution in [0, 0.1) is 5.41 Å². The van der Waals surface area contributed by atoms with Crippen LogP contribution in [0.5, 0.6) is 5.75 Å². The Morgan fingerprint density at radius 3 is 2.57 bits per heavy atom. The molecule has 0 aromatic heterocycles. The average Bonchev–Trinajstić information content (AvgIpc) is 2.36. The summed E-state index contributed by atoms with van der Waals surface area (Å²) in [4.78, 5) is 25.8. The summed E-state index contributed by atoms with van der Waals surface area (Å²) in [5.74, 6) is 0.524. The number of ether oxygens (including phenoxy) is 1. The number of benzene rings is 1. The van der Waals surface area contributed by atoms with Gasteiger partial charge in [0.25, 0.3) is 5.91 Å². The molecule has 0 saturated heterocycles. The molecule has 1 aromatic carbocycles. The lowest BCUT2D eigenvalue weighted by atomic mass is 9.95. The second kappa shape index (κ2) is 5.39. The predicted octanol–water partition coefficient (Wildman–Crippen LogP) is 2.81. The highest BCUT2D eigenvalue weighted by molar-refractivity contribution is 6.00. The summed E-state index contributed by atoms with van der Waals surface area (Å²) < 4.78 is 5.44. The molecule has 0 atom stereocenters. The van der Waals surface area contributed by atoms with Crippen LogP contribution in [0.2, 0.25) is 0 Å². The Morgan fingerprint density at radius 2 is 2.00 bits per heavy atom. The van der Waals surface area contributed by atoms with Gasteiger partial charge >= 0.3 is 0 Å². The standard InChI is InChI=1S/C16H22N2O3/c1-10(2)18-12-8-11(17-15(20)16(3,4)5)6-7-13(12)21-9-14(18)19/h6-8,10H,9H2,1-5H3,(H,17,20). The predicted molar refractivity (Wildman–Crippen MR) is 82.6 cm³/mol. The Bertz CT molecular complexity index is 573. The summed E-state index contributed by atoms with van der Waals surface area (Å²) >= 11 is 0. The molecule has 1 N–H and O–H groups in total. The molecule has 0 spiro atoms. The van der Waals surface area contributed by atoms with Gasteiger partial charge < -0.3 is 15.0 Å². The Balaban J connectivity index is 2.33. The average molecular weight is 290 g/mol. The van der Waals surface area contributed by atoms with Gasteiger partial charge in [-0.3, -0.25) is 9.59 Å². The molecule has 0 fully saturated rings. The van der Waals surface area contributed by atoms with Gasteiger partial charge in [0.15, 0.2) is 6.61 Å². The zero-order chi connectivity index (χ0) is 15.8. The number of rotatable bonds is 2. The summed E-state index contributed by atoms with van der Waals surface area (Å²) in [7, 11) is 0. The number of nitrogens with one attached hydrogen (secondary N) is 1. The van der Waals surface area contributed by atoms with E-state index in [1.54, 1.807) is 23.1 Å². The molecule has 2 rings (SSSR count). The molecule has 0 saturated carbocycles. The summed E-state index contributed by atoms with van der Waals surface area (Å²) in [6, 6.07) is 5.40. The van der Waals surface area contributed by atoms with Crippen molar-refractivity contribution in [2.24, 2.45) is 5.41 Å². The Kier molecular flexibility index (Phi) is 3.94. The number of carbonyl (C=O) groups excluding carboxylic acids is 2. The third-order valence-corrected chi connectivity index (χ3v) is 3.29. The number of carbonyl (C=O) groups is 2. The number of anilines is 2. The van der Waals surface area contributed by atoms with E-state index in [-0.39, 0.29) is 24.5 Å². The van der Waals surface area contributed by atoms with Crippen molar-refractivity contribution < 1.29 is 14.3 Å². The highest BCUT2D eigenvalue weighted by Crippen LogP contribution is 2.36. The fourth-order valence-electron chi connectivity index (χ4n) is 2.13. The van der Waals surface area contributed by atoms with Crippen molar-refractivity contribution in [3.8, 4) is 5.75 Å². The third kappa shape index (κ3) is 3.17.